The molecule has 0 amide bonds. The third-order valence-electron chi connectivity index (χ3n) is 11.6. The first-order chi connectivity index (χ1) is 28.8. The van der Waals surface area contributed by atoms with Crippen molar-refractivity contribution in [2.75, 3.05) is 4.90 Å². The fraction of sp³-hybridized carbons (Fsp3) is 0. The smallest absolute Gasteiger partial charge is 0.0626 e. The molecule has 0 spiro atoms. The molecule has 0 atom stereocenters. The van der Waals surface area contributed by atoms with Crippen molar-refractivity contribution >= 4 is 55.2 Å². The highest BCUT2D eigenvalue weighted by atomic mass is 15.1. The molecule has 0 aliphatic carbocycles. The molecule has 0 unspecified atom stereocenters. The lowest BCUT2D eigenvalue weighted by Gasteiger charge is -2.26. The average Bonchev–Trinajstić information content (AvgIpc) is 3.67. The Morgan fingerprint density at radius 2 is 0.690 bits per heavy atom. The van der Waals surface area contributed by atoms with Crippen LogP contribution in [0.2, 0.25) is 0 Å². The summed E-state index contributed by atoms with van der Waals surface area (Å²) in [5.74, 6) is 0. The van der Waals surface area contributed by atoms with E-state index in [1.165, 1.54) is 82.6 Å². The van der Waals surface area contributed by atoms with E-state index in [0.717, 1.165) is 17.1 Å². The van der Waals surface area contributed by atoms with Crippen molar-refractivity contribution in [2.45, 2.75) is 0 Å². The fourth-order valence-corrected chi connectivity index (χ4v) is 8.90. The molecule has 0 fully saturated rings. The number of anilines is 3. The Kier molecular flexibility index (Phi) is 8.19. The second kappa shape index (κ2) is 14.1. The van der Waals surface area contributed by atoms with Crippen LogP contribution in [0.3, 0.4) is 0 Å². The van der Waals surface area contributed by atoms with Crippen molar-refractivity contribution in [1.82, 2.24) is 4.40 Å². The number of aromatic nitrogens is 1. The van der Waals surface area contributed by atoms with Gasteiger partial charge in [-0.1, -0.05) is 182 Å². The number of pyridine rings is 1. The Balaban J connectivity index is 1.09. The van der Waals surface area contributed by atoms with Crippen LogP contribution in [-0.2, 0) is 0 Å². The first-order valence-electron chi connectivity index (χ1n) is 19.9. The first-order valence-corrected chi connectivity index (χ1v) is 19.9. The van der Waals surface area contributed by atoms with E-state index in [4.69, 9.17) is 0 Å². The van der Waals surface area contributed by atoms with Gasteiger partial charge in [0, 0.05) is 38.8 Å². The zero-order chi connectivity index (χ0) is 38.4. The monoisotopic (exact) mass is 738 g/mol. The molecule has 272 valence electrons. The van der Waals surface area contributed by atoms with Gasteiger partial charge in [-0.25, -0.2) is 0 Å². The maximum atomic E-state index is 2.49. The minimum Gasteiger partial charge on any atom is -0.311 e. The quantitative estimate of drug-likeness (QED) is 0.148. The number of fused-ring (bicyclic) bond motifs is 8. The van der Waals surface area contributed by atoms with E-state index in [2.05, 4.69) is 240 Å². The first kappa shape index (κ1) is 33.6. The number of hydrogen-bond acceptors (Lipinski definition) is 1. The number of rotatable bonds is 7. The predicted molar refractivity (Wildman–Crippen MR) is 246 cm³/mol. The Bertz CT molecular complexity index is 3140. The van der Waals surface area contributed by atoms with E-state index < -0.39 is 0 Å². The van der Waals surface area contributed by atoms with Crippen molar-refractivity contribution < 1.29 is 0 Å². The minimum absolute atomic E-state index is 1.10. The van der Waals surface area contributed by atoms with Crippen molar-refractivity contribution in [3.8, 4) is 44.5 Å². The summed E-state index contributed by atoms with van der Waals surface area (Å²) in [5, 5.41) is 5.04. The zero-order valence-electron chi connectivity index (χ0n) is 31.8. The molecule has 0 aliphatic rings. The molecule has 11 aromatic rings. The summed E-state index contributed by atoms with van der Waals surface area (Å²) in [4.78, 5) is 2.36. The van der Waals surface area contributed by atoms with Gasteiger partial charge in [-0.05, 0) is 92.9 Å². The average molecular weight is 739 g/mol. The molecule has 11 rings (SSSR count). The van der Waals surface area contributed by atoms with Crippen molar-refractivity contribution in [3.05, 3.63) is 231 Å². The van der Waals surface area contributed by atoms with Gasteiger partial charge in [0.2, 0.25) is 0 Å². The molecular formula is C56H38N2. The number of nitrogens with zero attached hydrogens (tertiary/aromatic N) is 2. The second-order valence-electron chi connectivity index (χ2n) is 14.9. The van der Waals surface area contributed by atoms with Crippen LogP contribution in [0, 0.1) is 0 Å². The molecule has 0 bridgehead atoms. The summed E-state index contributed by atoms with van der Waals surface area (Å²) in [6.07, 6.45) is 0. The molecule has 9 aromatic carbocycles. The minimum atomic E-state index is 1.10. The molecule has 0 aliphatic heterocycles. The fourth-order valence-electron chi connectivity index (χ4n) is 8.90. The Labute approximate surface area is 338 Å². The lowest BCUT2D eigenvalue weighted by Crippen LogP contribution is -2.09. The van der Waals surface area contributed by atoms with E-state index in [0.29, 0.717) is 0 Å². The van der Waals surface area contributed by atoms with Crippen molar-refractivity contribution in [1.29, 1.82) is 0 Å². The van der Waals surface area contributed by atoms with Gasteiger partial charge in [0.15, 0.2) is 0 Å². The molecule has 0 saturated heterocycles. The van der Waals surface area contributed by atoms with E-state index in [9.17, 15) is 0 Å². The summed E-state index contributed by atoms with van der Waals surface area (Å²) in [5.41, 5.74) is 16.6. The van der Waals surface area contributed by atoms with Crippen LogP contribution in [0.25, 0.3) is 82.6 Å². The molecule has 58 heavy (non-hydrogen) atoms. The van der Waals surface area contributed by atoms with E-state index in [-0.39, 0.29) is 0 Å². The van der Waals surface area contributed by atoms with Crippen molar-refractivity contribution in [2.24, 2.45) is 0 Å². The van der Waals surface area contributed by atoms with Crippen LogP contribution in [0.5, 0.6) is 0 Å². The lowest BCUT2D eigenvalue weighted by atomic mass is 9.94. The molecule has 2 aromatic heterocycles. The Morgan fingerprint density at radius 3 is 1.24 bits per heavy atom. The lowest BCUT2D eigenvalue weighted by molar-refractivity contribution is 1.28. The number of hydrogen-bond donors (Lipinski definition) is 0. The Hall–Kier alpha value is -7.68. The standard InChI is InChI=1S/C56H38N2/c1-4-15-39(16-5-1)41-27-33-45(34-28-41)57(46-35-29-42(30-36-46)40-17-6-2-7-18-40)47-37-31-43(32-38-47)48-24-14-26-53-55(48)54(44-19-8-3-9-20-44)56-51-23-11-10-21-49(51)50-22-12-13-25-52(50)58(53)56/h1-38H. The van der Waals surface area contributed by atoms with Crippen molar-refractivity contribution in [3.63, 3.8) is 0 Å². The van der Waals surface area contributed by atoms with Gasteiger partial charge in [0.05, 0.1) is 16.6 Å². The molecular weight excluding hydrogens is 701 g/mol. The molecule has 0 saturated carbocycles. The number of para-hydroxylation sites is 1. The van der Waals surface area contributed by atoms with E-state index in [1.54, 1.807) is 0 Å². The van der Waals surface area contributed by atoms with Crippen LogP contribution >= 0.6 is 0 Å². The topological polar surface area (TPSA) is 7.65 Å². The summed E-state index contributed by atoms with van der Waals surface area (Å²) in [7, 11) is 0. The summed E-state index contributed by atoms with van der Waals surface area (Å²) >= 11 is 0. The van der Waals surface area contributed by atoms with E-state index in [1.807, 2.05) is 0 Å². The van der Waals surface area contributed by atoms with Crippen LogP contribution < -0.4 is 4.90 Å². The maximum absolute atomic E-state index is 2.49. The summed E-state index contributed by atoms with van der Waals surface area (Å²) in [6, 6.07) is 83.5. The zero-order valence-corrected chi connectivity index (χ0v) is 31.8. The van der Waals surface area contributed by atoms with E-state index >= 15 is 0 Å². The van der Waals surface area contributed by atoms with Gasteiger partial charge in [-0.2, -0.15) is 0 Å². The molecule has 0 radical (unpaired) electrons. The highest BCUT2D eigenvalue weighted by Crippen LogP contribution is 2.46. The van der Waals surface area contributed by atoms with Gasteiger partial charge in [-0.3, -0.25) is 0 Å². The second-order valence-corrected chi connectivity index (χ2v) is 14.9. The SMILES string of the molecule is c1ccc(-c2ccc(N(c3ccc(-c4ccccc4)cc3)c3ccc(-c4cccc5c4c(-c4ccccc4)c4c6ccccc6c6ccccc6n54)cc3)cc2)cc1. The van der Waals surface area contributed by atoms with Gasteiger partial charge >= 0.3 is 0 Å². The highest BCUT2D eigenvalue weighted by Gasteiger charge is 2.22. The third kappa shape index (κ3) is 5.66. The van der Waals surface area contributed by atoms with Gasteiger partial charge in [0.1, 0.15) is 0 Å². The molecule has 2 nitrogen and oxygen atoms in total. The van der Waals surface area contributed by atoms with Gasteiger partial charge in [0.25, 0.3) is 0 Å². The van der Waals surface area contributed by atoms with Crippen LogP contribution in [0.4, 0.5) is 17.1 Å². The molecule has 0 N–H and O–H groups in total. The summed E-state index contributed by atoms with van der Waals surface area (Å²) in [6.45, 7) is 0. The normalized spacial score (nSPS) is 11.4. The summed E-state index contributed by atoms with van der Waals surface area (Å²) < 4.78 is 2.49. The maximum Gasteiger partial charge on any atom is 0.0626 e. The third-order valence-corrected chi connectivity index (χ3v) is 11.6. The number of benzene rings is 9. The van der Waals surface area contributed by atoms with Crippen LogP contribution in [0.1, 0.15) is 0 Å². The molecule has 2 heterocycles. The van der Waals surface area contributed by atoms with Crippen LogP contribution in [-0.4, -0.2) is 4.40 Å². The largest absolute Gasteiger partial charge is 0.311 e. The highest BCUT2D eigenvalue weighted by molar-refractivity contribution is 6.24. The van der Waals surface area contributed by atoms with Gasteiger partial charge < -0.3 is 9.30 Å². The Morgan fingerprint density at radius 1 is 0.276 bits per heavy atom. The van der Waals surface area contributed by atoms with Crippen LogP contribution in [0.15, 0.2) is 231 Å². The predicted octanol–water partition coefficient (Wildman–Crippen LogP) is 15.5. The molecule has 2 heteroatoms. The van der Waals surface area contributed by atoms with Gasteiger partial charge in [-0.15, -0.1) is 0 Å².